The Morgan fingerprint density at radius 2 is 1.05 bits per heavy atom. The minimum Gasteiger partial charge on any atom is -0.457 e. The van der Waals surface area contributed by atoms with Gasteiger partial charge < -0.3 is 24.5 Å². The molecule has 0 aliphatic heterocycles. The topological polar surface area (TPSA) is 114 Å². The fraction of sp³-hybridized carbons (Fsp3) is 0.304. The van der Waals surface area contributed by atoms with Gasteiger partial charge in [0, 0.05) is 18.7 Å². The predicted molar refractivity (Wildman–Crippen MR) is 225 cm³/mol. The number of ether oxygens (including phenoxy) is 1. The average molecular weight is 767 g/mol. The molecule has 0 bridgehead atoms. The second kappa shape index (κ2) is 19.2. The van der Waals surface area contributed by atoms with Crippen LogP contribution in [0.25, 0.3) is 22.5 Å². The smallest absolute Gasteiger partial charge is 0.244 e. The molecule has 11 heteroatoms. The normalized spacial score (nSPS) is 12.4. The number of rotatable bonds is 18. The van der Waals surface area contributed by atoms with Crippen LogP contribution in [0.5, 0.6) is 11.5 Å². The maximum atomic E-state index is 13.8. The summed E-state index contributed by atoms with van der Waals surface area (Å²) in [5.41, 5.74) is 5.52. The number of hydrogen-bond donors (Lipinski definition) is 2. The SMILES string of the molecule is CCCN(Cc1ncc(-c2ccc(Oc3cccc(-c4cnc(CN(CCC)C(=O)C(c5ccccc5)N(C)C)[nH]4)c3)cc2)[nH]1)C(=O)C(c1ccccc1)N(C)C. The molecule has 0 aliphatic rings. The molecule has 2 N–H and O–H groups in total. The molecule has 2 unspecified atom stereocenters. The number of H-pyrrole nitrogens is 2. The Hall–Kier alpha value is -6.04. The zero-order chi connectivity index (χ0) is 40.3. The van der Waals surface area contributed by atoms with Crippen LogP contribution in [-0.2, 0) is 22.7 Å². The first-order valence-corrected chi connectivity index (χ1v) is 19.6. The number of amides is 2. The number of likely N-dealkylation sites (N-methyl/N-ethyl adjacent to an activating group) is 2. The molecule has 57 heavy (non-hydrogen) atoms. The van der Waals surface area contributed by atoms with Gasteiger partial charge in [0.25, 0.3) is 0 Å². The highest BCUT2D eigenvalue weighted by molar-refractivity contribution is 5.84. The maximum absolute atomic E-state index is 13.8. The van der Waals surface area contributed by atoms with Crippen molar-refractivity contribution in [3.8, 4) is 34.0 Å². The summed E-state index contributed by atoms with van der Waals surface area (Å²) >= 11 is 0. The Labute approximate surface area is 336 Å². The molecule has 0 aliphatic carbocycles. The lowest BCUT2D eigenvalue weighted by molar-refractivity contribution is -0.138. The summed E-state index contributed by atoms with van der Waals surface area (Å²) in [7, 11) is 7.74. The first-order chi connectivity index (χ1) is 27.6. The third kappa shape index (κ3) is 10.2. The van der Waals surface area contributed by atoms with Crippen LogP contribution < -0.4 is 4.74 Å². The molecule has 11 nitrogen and oxygen atoms in total. The number of nitrogens with zero attached hydrogens (tertiary/aromatic N) is 6. The van der Waals surface area contributed by atoms with Gasteiger partial charge in [-0.05, 0) is 94.1 Å². The number of carbonyl (C=O) groups is 2. The number of benzene rings is 4. The van der Waals surface area contributed by atoms with Crippen LogP contribution in [0.3, 0.4) is 0 Å². The molecule has 0 saturated carbocycles. The van der Waals surface area contributed by atoms with Gasteiger partial charge in [-0.25, -0.2) is 9.97 Å². The van der Waals surface area contributed by atoms with Gasteiger partial charge in [0.05, 0.1) is 36.9 Å². The van der Waals surface area contributed by atoms with Crippen molar-refractivity contribution in [3.05, 3.63) is 144 Å². The lowest BCUT2D eigenvalue weighted by atomic mass is 10.0. The zero-order valence-electron chi connectivity index (χ0n) is 33.9. The van der Waals surface area contributed by atoms with E-state index in [-0.39, 0.29) is 23.9 Å². The van der Waals surface area contributed by atoms with Crippen LogP contribution in [0.1, 0.15) is 61.5 Å². The van der Waals surface area contributed by atoms with Crippen molar-refractivity contribution in [2.24, 2.45) is 0 Å². The Bertz CT molecular complexity index is 2180. The van der Waals surface area contributed by atoms with E-state index in [1.807, 2.05) is 163 Å². The summed E-state index contributed by atoms with van der Waals surface area (Å²) in [5, 5.41) is 0. The van der Waals surface area contributed by atoms with E-state index >= 15 is 0 Å². The fourth-order valence-corrected chi connectivity index (χ4v) is 7.12. The number of aromatic nitrogens is 4. The van der Waals surface area contributed by atoms with Crippen molar-refractivity contribution < 1.29 is 14.3 Å². The van der Waals surface area contributed by atoms with Crippen molar-refractivity contribution >= 4 is 11.8 Å². The van der Waals surface area contributed by atoms with Crippen LogP contribution in [0, 0.1) is 0 Å². The summed E-state index contributed by atoms with van der Waals surface area (Å²) < 4.78 is 6.28. The quantitative estimate of drug-likeness (QED) is 0.0905. The van der Waals surface area contributed by atoms with Gasteiger partial charge in [0.1, 0.15) is 35.2 Å². The van der Waals surface area contributed by atoms with E-state index in [4.69, 9.17) is 4.74 Å². The third-order valence-corrected chi connectivity index (χ3v) is 9.83. The van der Waals surface area contributed by atoms with Crippen LogP contribution in [0.2, 0.25) is 0 Å². The summed E-state index contributed by atoms with van der Waals surface area (Å²) in [6.07, 6.45) is 5.29. The molecule has 0 spiro atoms. The maximum Gasteiger partial charge on any atom is 0.244 e. The molecule has 0 fully saturated rings. The van der Waals surface area contributed by atoms with E-state index < -0.39 is 0 Å². The minimum atomic E-state index is -0.382. The highest BCUT2D eigenvalue weighted by atomic mass is 16.5. The van der Waals surface area contributed by atoms with Gasteiger partial charge in [-0.2, -0.15) is 0 Å². The standard InChI is InChI=1S/C46H54N8O3/c1-7-26-53(45(55)43(51(3)4)34-16-11-9-12-17-34)31-41-47-29-39(49-41)33-22-24-37(25-23-33)57-38-21-15-20-36(28-38)40-30-48-42(50-40)32-54(27-8-2)46(56)44(52(5)6)35-18-13-10-14-19-35/h9-25,28-30,43-44H,7-8,26-27,31-32H2,1-6H3,(H,47,49)(H,48,50). The molecule has 296 valence electrons. The first kappa shape index (κ1) is 40.6. The van der Waals surface area contributed by atoms with E-state index in [0.717, 1.165) is 58.1 Å². The van der Waals surface area contributed by atoms with Crippen molar-refractivity contribution in [1.82, 2.24) is 39.5 Å². The largest absolute Gasteiger partial charge is 0.457 e. The minimum absolute atomic E-state index is 0.0447. The van der Waals surface area contributed by atoms with E-state index in [1.165, 1.54) is 0 Å². The predicted octanol–water partition coefficient (Wildman–Crippen LogP) is 8.34. The Morgan fingerprint density at radius 3 is 1.51 bits per heavy atom. The van der Waals surface area contributed by atoms with E-state index in [1.54, 1.807) is 6.20 Å². The Balaban J connectivity index is 1.09. The third-order valence-electron chi connectivity index (χ3n) is 9.83. The Kier molecular flexibility index (Phi) is 13.7. The summed E-state index contributed by atoms with van der Waals surface area (Å²) in [6.45, 7) is 6.18. The van der Waals surface area contributed by atoms with E-state index in [0.29, 0.717) is 37.7 Å². The van der Waals surface area contributed by atoms with Crippen molar-refractivity contribution in [3.63, 3.8) is 0 Å². The van der Waals surface area contributed by atoms with Crippen LogP contribution in [0.4, 0.5) is 0 Å². The molecule has 4 aromatic carbocycles. The van der Waals surface area contributed by atoms with Crippen molar-refractivity contribution in [2.75, 3.05) is 41.3 Å². The molecule has 2 atom stereocenters. The molecular weight excluding hydrogens is 713 g/mol. The molecule has 2 amide bonds. The number of carbonyl (C=O) groups excluding carboxylic acids is 2. The van der Waals surface area contributed by atoms with Gasteiger partial charge in [0.15, 0.2) is 0 Å². The molecule has 0 saturated heterocycles. The van der Waals surface area contributed by atoms with Gasteiger partial charge in [-0.3, -0.25) is 19.4 Å². The molecule has 6 rings (SSSR count). The molecular formula is C46H54N8O3. The molecule has 2 heterocycles. The zero-order valence-corrected chi connectivity index (χ0v) is 33.9. The van der Waals surface area contributed by atoms with Crippen molar-refractivity contribution in [1.29, 1.82) is 0 Å². The Morgan fingerprint density at radius 1 is 0.579 bits per heavy atom. The number of nitrogens with one attached hydrogen (secondary N) is 2. The van der Waals surface area contributed by atoms with Crippen LogP contribution >= 0.6 is 0 Å². The van der Waals surface area contributed by atoms with Crippen LogP contribution in [-0.4, -0.2) is 92.6 Å². The highest BCUT2D eigenvalue weighted by Gasteiger charge is 2.29. The summed E-state index contributed by atoms with van der Waals surface area (Å²) in [5.74, 6) is 2.92. The number of imidazole rings is 2. The van der Waals surface area contributed by atoms with Gasteiger partial charge in [0.2, 0.25) is 11.8 Å². The number of aromatic amines is 2. The van der Waals surface area contributed by atoms with Crippen LogP contribution in [0.15, 0.2) is 122 Å². The monoisotopic (exact) mass is 766 g/mol. The molecule has 0 radical (unpaired) electrons. The first-order valence-electron chi connectivity index (χ1n) is 19.6. The molecule has 6 aromatic rings. The van der Waals surface area contributed by atoms with Gasteiger partial charge in [-0.15, -0.1) is 0 Å². The second-order valence-electron chi connectivity index (χ2n) is 14.7. The van der Waals surface area contributed by atoms with E-state index in [9.17, 15) is 9.59 Å². The lowest BCUT2D eigenvalue weighted by Gasteiger charge is -2.30. The van der Waals surface area contributed by atoms with E-state index in [2.05, 4.69) is 33.8 Å². The summed E-state index contributed by atoms with van der Waals surface area (Å²) in [4.78, 5) is 51.5. The summed E-state index contributed by atoms with van der Waals surface area (Å²) in [6, 6.07) is 34.7. The van der Waals surface area contributed by atoms with Gasteiger partial charge in [-0.1, -0.05) is 86.6 Å². The number of hydrogen-bond acceptors (Lipinski definition) is 7. The fourth-order valence-electron chi connectivity index (χ4n) is 7.12. The lowest BCUT2D eigenvalue weighted by Crippen LogP contribution is -2.40. The average Bonchev–Trinajstić information content (AvgIpc) is 3.89. The highest BCUT2D eigenvalue weighted by Crippen LogP contribution is 2.30. The molecule has 2 aromatic heterocycles. The second-order valence-corrected chi connectivity index (χ2v) is 14.7. The van der Waals surface area contributed by atoms with Crippen molar-refractivity contribution in [2.45, 2.75) is 51.9 Å². The van der Waals surface area contributed by atoms with Gasteiger partial charge >= 0.3 is 0 Å².